The van der Waals surface area contributed by atoms with Crippen LogP contribution in [0.4, 0.5) is 11.4 Å². The van der Waals surface area contributed by atoms with Crippen LogP contribution in [0.2, 0.25) is 0 Å². The second-order valence-corrected chi connectivity index (χ2v) is 4.60. The average Bonchev–Trinajstić information content (AvgIpc) is 2.90. The summed E-state index contributed by atoms with van der Waals surface area (Å²) in [7, 11) is 0. The molecule has 0 unspecified atom stereocenters. The fraction of sp³-hybridized carbons (Fsp3) is 0.500. The minimum atomic E-state index is 0.962. The summed E-state index contributed by atoms with van der Waals surface area (Å²) in [6, 6.07) is 6.40. The minimum absolute atomic E-state index is 0.962. The van der Waals surface area contributed by atoms with Crippen molar-refractivity contribution in [1.29, 1.82) is 0 Å². The van der Waals surface area contributed by atoms with E-state index in [1.807, 2.05) is 0 Å². The van der Waals surface area contributed by atoms with Crippen LogP contribution >= 0.6 is 0 Å². The largest absolute Gasteiger partial charge is 0.301 e. The van der Waals surface area contributed by atoms with Crippen molar-refractivity contribution < 1.29 is 0 Å². The summed E-state index contributed by atoms with van der Waals surface area (Å²) in [5, 5.41) is 2.19. The highest BCUT2D eigenvalue weighted by Gasteiger charge is 2.22. The fourth-order valence-corrected chi connectivity index (χ4v) is 2.46. The molecule has 0 atom stereocenters. The lowest BCUT2D eigenvalue weighted by Gasteiger charge is -2.24. The minimum Gasteiger partial charge on any atom is -0.301 e. The van der Waals surface area contributed by atoms with E-state index in [2.05, 4.69) is 46.0 Å². The van der Waals surface area contributed by atoms with E-state index in [1.165, 1.54) is 42.9 Å². The Kier molecular flexibility index (Phi) is 2.46. The zero-order valence-electron chi connectivity index (χ0n) is 9.66. The van der Waals surface area contributed by atoms with Crippen LogP contribution in [0.5, 0.6) is 0 Å². The van der Waals surface area contributed by atoms with Gasteiger partial charge in [0.05, 0.1) is 18.0 Å². The second-order valence-electron chi connectivity index (χ2n) is 4.60. The van der Waals surface area contributed by atoms with Gasteiger partial charge in [-0.25, -0.2) is 0 Å². The summed E-state index contributed by atoms with van der Waals surface area (Å²) in [5.74, 6) is 0. The average molecular weight is 218 g/mol. The van der Waals surface area contributed by atoms with E-state index >= 15 is 0 Å². The van der Waals surface area contributed by atoms with Crippen LogP contribution in [0, 0.1) is 6.92 Å². The zero-order valence-corrected chi connectivity index (χ0v) is 9.66. The molecule has 4 nitrogen and oxygen atoms in total. The van der Waals surface area contributed by atoms with Gasteiger partial charge in [-0.3, -0.25) is 9.91 Å². The summed E-state index contributed by atoms with van der Waals surface area (Å²) >= 11 is 0. The molecule has 0 saturated carbocycles. The van der Waals surface area contributed by atoms with Gasteiger partial charge in [-0.1, -0.05) is 12.1 Å². The standard InChI is InChI=1S/C12H18N4/c1-10-5-4-6-11-12(10)13-14-16(11)9-15-7-2-3-8-15/h4-6,13-14H,2-3,7-9H2,1H3. The molecular formula is C12H18N4. The van der Waals surface area contributed by atoms with Gasteiger partial charge < -0.3 is 5.43 Å². The second kappa shape index (κ2) is 3.96. The number of para-hydroxylation sites is 1. The normalized spacial score (nSPS) is 19.9. The number of nitrogens with one attached hydrogen (secondary N) is 2. The number of hydrogen-bond acceptors (Lipinski definition) is 4. The van der Waals surface area contributed by atoms with Crippen molar-refractivity contribution in [3.05, 3.63) is 23.8 Å². The van der Waals surface area contributed by atoms with Crippen molar-refractivity contribution in [2.75, 3.05) is 30.2 Å². The lowest BCUT2D eigenvalue weighted by atomic mass is 10.2. The van der Waals surface area contributed by atoms with Gasteiger partial charge >= 0.3 is 0 Å². The molecule has 3 rings (SSSR count). The number of likely N-dealkylation sites (tertiary alicyclic amines) is 1. The Balaban J connectivity index is 1.78. The molecule has 0 radical (unpaired) electrons. The quantitative estimate of drug-likeness (QED) is 0.791. The number of benzene rings is 1. The van der Waals surface area contributed by atoms with Gasteiger partial charge in [0, 0.05) is 0 Å². The summed E-state index contributed by atoms with van der Waals surface area (Å²) in [5.41, 5.74) is 10.2. The Morgan fingerprint density at radius 3 is 2.88 bits per heavy atom. The number of fused-ring (bicyclic) bond motifs is 1. The van der Waals surface area contributed by atoms with E-state index in [1.54, 1.807) is 0 Å². The van der Waals surface area contributed by atoms with Gasteiger partial charge in [0.2, 0.25) is 0 Å². The molecule has 1 aromatic carbocycles. The van der Waals surface area contributed by atoms with Crippen LogP contribution in [0.3, 0.4) is 0 Å². The molecule has 4 heteroatoms. The number of aryl methyl sites for hydroxylation is 1. The summed E-state index contributed by atoms with van der Waals surface area (Å²) in [4.78, 5) is 2.48. The van der Waals surface area contributed by atoms with Gasteiger partial charge in [-0.15, -0.1) is 5.53 Å². The topological polar surface area (TPSA) is 30.5 Å². The first kappa shape index (κ1) is 9.93. The molecule has 0 amide bonds. The van der Waals surface area contributed by atoms with E-state index < -0.39 is 0 Å². The van der Waals surface area contributed by atoms with Crippen LogP contribution in [0.15, 0.2) is 18.2 Å². The number of nitrogens with zero attached hydrogens (tertiary/aromatic N) is 2. The fourth-order valence-electron chi connectivity index (χ4n) is 2.46. The van der Waals surface area contributed by atoms with Crippen LogP contribution in [-0.2, 0) is 0 Å². The van der Waals surface area contributed by atoms with Crippen molar-refractivity contribution in [3.8, 4) is 0 Å². The maximum Gasteiger partial charge on any atom is 0.0882 e. The van der Waals surface area contributed by atoms with Crippen molar-refractivity contribution in [1.82, 2.24) is 10.4 Å². The van der Waals surface area contributed by atoms with Crippen molar-refractivity contribution in [3.63, 3.8) is 0 Å². The monoisotopic (exact) mass is 218 g/mol. The maximum absolute atomic E-state index is 3.24. The third-order valence-electron chi connectivity index (χ3n) is 3.40. The Hall–Kier alpha value is -1.26. The number of hydrazine groups is 2. The summed E-state index contributed by atoms with van der Waals surface area (Å²) < 4.78 is 0. The van der Waals surface area contributed by atoms with E-state index in [4.69, 9.17) is 0 Å². The number of rotatable bonds is 2. The number of hydrogen-bond donors (Lipinski definition) is 2. The molecule has 0 aliphatic carbocycles. The van der Waals surface area contributed by atoms with Gasteiger partial charge in [0.25, 0.3) is 0 Å². The predicted molar refractivity (Wildman–Crippen MR) is 66.1 cm³/mol. The zero-order chi connectivity index (χ0) is 11.0. The molecule has 0 spiro atoms. The molecule has 2 N–H and O–H groups in total. The van der Waals surface area contributed by atoms with Gasteiger partial charge in [0.1, 0.15) is 0 Å². The lowest BCUT2D eigenvalue weighted by Crippen LogP contribution is -2.43. The Morgan fingerprint density at radius 2 is 2.06 bits per heavy atom. The molecule has 1 saturated heterocycles. The van der Waals surface area contributed by atoms with E-state index in [0.717, 1.165) is 6.67 Å². The van der Waals surface area contributed by atoms with Crippen molar-refractivity contribution in [2.45, 2.75) is 19.8 Å². The molecule has 1 aromatic rings. The molecule has 2 aliphatic rings. The molecular weight excluding hydrogens is 200 g/mol. The highest BCUT2D eigenvalue weighted by Crippen LogP contribution is 2.31. The highest BCUT2D eigenvalue weighted by molar-refractivity contribution is 5.75. The molecule has 2 aliphatic heterocycles. The Bertz CT molecular complexity index is 385. The SMILES string of the molecule is Cc1cccc2c1NNN2CN1CCCC1. The van der Waals surface area contributed by atoms with Crippen LogP contribution in [0.25, 0.3) is 0 Å². The van der Waals surface area contributed by atoms with E-state index in [9.17, 15) is 0 Å². The smallest absolute Gasteiger partial charge is 0.0882 e. The van der Waals surface area contributed by atoms with E-state index in [-0.39, 0.29) is 0 Å². The van der Waals surface area contributed by atoms with Crippen LogP contribution < -0.4 is 16.0 Å². The summed E-state index contributed by atoms with van der Waals surface area (Å²) in [6.45, 7) is 5.54. The van der Waals surface area contributed by atoms with Crippen molar-refractivity contribution in [2.24, 2.45) is 0 Å². The molecule has 0 bridgehead atoms. The first-order chi connectivity index (χ1) is 7.84. The van der Waals surface area contributed by atoms with Crippen molar-refractivity contribution >= 4 is 11.4 Å². The van der Waals surface area contributed by atoms with E-state index in [0.29, 0.717) is 0 Å². The first-order valence-electron chi connectivity index (χ1n) is 5.96. The molecule has 86 valence electrons. The maximum atomic E-state index is 3.24. The predicted octanol–water partition coefficient (Wildman–Crippen LogP) is 1.70. The van der Waals surface area contributed by atoms with Gasteiger partial charge in [-0.05, 0) is 44.5 Å². The van der Waals surface area contributed by atoms with Gasteiger partial charge in [0.15, 0.2) is 0 Å². The third kappa shape index (κ3) is 1.64. The highest BCUT2D eigenvalue weighted by atomic mass is 15.7. The van der Waals surface area contributed by atoms with Crippen LogP contribution in [0.1, 0.15) is 18.4 Å². The molecule has 16 heavy (non-hydrogen) atoms. The third-order valence-corrected chi connectivity index (χ3v) is 3.40. The molecule has 2 heterocycles. The van der Waals surface area contributed by atoms with Gasteiger partial charge in [-0.2, -0.15) is 0 Å². The summed E-state index contributed by atoms with van der Waals surface area (Å²) in [6.07, 6.45) is 2.67. The Morgan fingerprint density at radius 1 is 1.25 bits per heavy atom. The Labute approximate surface area is 96.2 Å². The molecule has 0 aromatic heterocycles. The first-order valence-corrected chi connectivity index (χ1v) is 5.96. The molecule has 1 fully saturated rings. The lowest BCUT2D eigenvalue weighted by molar-refractivity contribution is 0.328. The van der Waals surface area contributed by atoms with Crippen LogP contribution in [-0.4, -0.2) is 24.7 Å². The number of anilines is 2.